The molecule has 0 bridgehead atoms. The highest BCUT2D eigenvalue weighted by atomic mass is 19.4. The summed E-state index contributed by atoms with van der Waals surface area (Å²) < 4.78 is 41.6. The molecule has 0 aromatic heterocycles. The number of ether oxygens (including phenoxy) is 1. The molecule has 1 aromatic rings. The number of carboxylic acids is 1. The van der Waals surface area contributed by atoms with Gasteiger partial charge in [-0.15, -0.1) is 0 Å². The van der Waals surface area contributed by atoms with Crippen LogP contribution in [-0.2, 0) is 20.5 Å². The van der Waals surface area contributed by atoms with Crippen molar-refractivity contribution in [3.05, 3.63) is 41.5 Å². The second kappa shape index (κ2) is 8.78. The van der Waals surface area contributed by atoms with Gasteiger partial charge in [0.05, 0.1) is 12.2 Å². The predicted octanol–water partition coefficient (Wildman–Crippen LogP) is 3.37. The molecule has 0 atom stereocenters. The zero-order chi connectivity index (χ0) is 16.5. The van der Waals surface area contributed by atoms with Gasteiger partial charge < -0.3 is 9.84 Å². The lowest BCUT2D eigenvalue weighted by Crippen LogP contribution is -2.06. The fourth-order valence-electron chi connectivity index (χ4n) is 1.26. The minimum absolute atomic E-state index is 0.160. The first-order chi connectivity index (χ1) is 9.68. The van der Waals surface area contributed by atoms with Gasteiger partial charge in [0, 0.05) is 13.0 Å². The summed E-state index contributed by atoms with van der Waals surface area (Å²) in [6.07, 6.45) is -2.88. The average molecular weight is 304 g/mol. The monoisotopic (exact) mass is 304 g/mol. The normalized spacial score (nSPS) is 10.7. The molecule has 0 amide bonds. The van der Waals surface area contributed by atoms with Crippen molar-refractivity contribution < 1.29 is 32.6 Å². The van der Waals surface area contributed by atoms with E-state index >= 15 is 0 Å². The van der Waals surface area contributed by atoms with E-state index in [4.69, 9.17) is 5.11 Å². The third-order valence-electron chi connectivity index (χ3n) is 2.02. The first-order valence-electron chi connectivity index (χ1n) is 5.89. The van der Waals surface area contributed by atoms with Crippen molar-refractivity contribution in [2.45, 2.75) is 20.0 Å². The minimum atomic E-state index is -4.47. The topological polar surface area (TPSA) is 63.6 Å². The Morgan fingerprint density at radius 1 is 1.29 bits per heavy atom. The molecule has 0 saturated heterocycles. The number of hydrogen-bond donors (Lipinski definition) is 1. The number of hydrogen-bond acceptors (Lipinski definition) is 3. The van der Waals surface area contributed by atoms with E-state index in [2.05, 4.69) is 4.74 Å². The SMILES string of the molecule is CCOC(C)=O.O=C(O)C=Cc1ccccc1C(F)(F)F. The van der Waals surface area contributed by atoms with E-state index in [-0.39, 0.29) is 11.5 Å². The van der Waals surface area contributed by atoms with E-state index < -0.39 is 17.7 Å². The van der Waals surface area contributed by atoms with Gasteiger partial charge in [0.25, 0.3) is 0 Å². The number of carbonyl (C=O) groups excluding carboxylic acids is 1. The molecule has 0 aliphatic heterocycles. The first-order valence-corrected chi connectivity index (χ1v) is 5.89. The summed E-state index contributed by atoms with van der Waals surface area (Å²) in [4.78, 5) is 20.0. The molecule has 1 N–H and O–H groups in total. The van der Waals surface area contributed by atoms with Crippen LogP contribution in [0.2, 0.25) is 0 Å². The summed E-state index contributed by atoms with van der Waals surface area (Å²) in [6, 6.07) is 4.78. The molecular weight excluding hydrogens is 289 g/mol. The molecule has 7 heteroatoms. The van der Waals surface area contributed by atoms with Crippen molar-refractivity contribution in [3.63, 3.8) is 0 Å². The number of carboxylic acid groups (broad SMARTS) is 1. The van der Waals surface area contributed by atoms with Gasteiger partial charge in [-0.2, -0.15) is 13.2 Å². The Bertz CT molecular complexity index is 507. The van der Waals surface area contributed by atoms with Gasteiger partial charge in [-0.1, -0.05) is 18.2 Å². The van der Waals surface area contributed by atoms with Crippen LogP contribution in [0.15, 0.2) is 30.3 Å². The number of rotatable bonds is 3. The van der Waals surface area contributed by atoms with Gasteiger partial charge in [0.1, 0.15) is 0 Å². The molecule has 0 fully saturated rings. The third-order valence-corrected chi connectivity index (χ3v) is 2.02. The maximum atomic E-state index is 12.4. The number of halogens is 3. The third kappa shape index (κ3) is 8.46. The van der Waals surface area contributed by atoms with Crippen molar-refractivity contribution in [1.82, 2.24) is 0 Å². The Kier molecular flexibility index (Phi) is 7.81. The van der Waals surface area contributed by atoms with E-state index in [1.54, 1.807) is 6.92 Å². The molecule has 0 aliphatic rings. The van der Waals surface area contributed by atoms with Gasteiger partial charge in [0.2, 0.25) is 0 Å². The molecule has 116 valence electrons. The van der Waals surface area contributed by atoms with Gasteiger partial charge in [-0.25, -0.2) is 4.79 Å². The lowest BCUT2D eigenvalue weighted by Gasteiger charge is -2.09. The van der Waals surface area contributed by atoms with Gasteiger partial charge >= 0.3 is 18.1 Å². The highest BCUT2D eigenvalue weighted by Gasteiger charge is 2.32. The van der Waals surface area contributed by atoms with Crippen LogP contribution in [0.5, 0.6) is 0 Å². The number of alkyl halides is 3. The fourth-order valence-corrected chi connectivity index (χ4v) is 1.26. The lowest BCUT2D eigenvalue weighted by atomic mass is 10.1. The summed E-state index contributed by atoms with van der Waals surface area (Å²) in [7, 11) is 0. The summed E-state index contributed by atoms with van der Waals surface area (Å²) in [6.45, 7) is 3.65. The van der Waals surface area contributed by atoms with Crippen molar-refractivity contribution in [2.24, 2.45) is 0 Å². The zero-order valence-corrected chi connectivity index (χ0v) is 11.5. The Hall–Kier alpha value is -2.31. The Morgan fingerprint density at radius 3 is 2.24 bits per heavy atom. The maximum Gasteiger partial charge on any atom is 0.416 e. The van der Waals surface area contributed by atoms with Crippen LogP contribution in [0.1, 0.15) is 25.0 Å². The molecule has 4 nitrogen and oxygen atoms in total. The van der Waals surface area contributed by atoms with Crippen molar-refractivity contribution >= 4 is 18.0 Å². The second-order valence-corrected chi connectivity index (χ2v) is 3.68. The largest absolute Gasteiger partial charge is 0.478 e. The molecule has 0 heterocycles. The van der Waals surface area contributed by atoms with Crippen LogP contribution >= 0.6 is 0 Å². The second-order valence-electron chi connectivity index (χ2n) is 3.68. The van der Waals surface area contributed by atoms with E-state index in [0.717, 1.165) is 12.1 Å². The van der Waals surface area contributed by atoms with Crippen LogP contribution in [0.4, 0.5) is 13.2 Å². The Balaban J connectivity index is 0.000000567. The lowest BCUT2D eigenvalue weighted by molar-refractivity contribution is -0.140. The van der Waals surface area contributed by atoms with E-state index in [9.17, 15) is 22.8 Å². The molecule has 0 saturated carbocycles. The molecule has 0 radical (unpaired) electrons. The predicted molar refractivity (Wildman–Crippen MR) is 70.4 cm³/mol. The summed E-state index contributed by atoms with van der Waals surface area (Å²) >= 11 is 0. The van der Waals surface area contributed by atoms with Crippen LogP contribution < -0.4 is 0 Å². The average Bonchev–Trinajstić information content (AvgIpc) is 2.36. The molecule has 0 aliphatic carbocycles. The quantitative estimate of drug-likeness (QED) is 0.687. The van der Waals surface area contributed by atoms with E-state index in [1.807, 2.05) is 0 Å². The summed E-state index contributed by atoms with van der Waals surface area (Å²) in [5.41, 5.74) is -1.00. The van der Waals surface area contributed by atoms with Gasteiger partial charge in [0.15, 0.2) is 0 Å². The molecular formula is C14H15F3O4. The fraction of sp³-hybridized carbons (Fsp3) is 0.286. The molecule has 1 aromatic carbocycles. The van der Waals surface area contributed by atoms with Crippen LogP contribution in [0.3, 0.4) is 0 Å². The number of aliphatic carboxylic acids is 1. The van der Waals surface area contributed by atoms with Crippen LogP contribution in [0, 0.1) is 0 Å². The Labute approximate surface area is 119 Å². The molecule has 21 heavy (non-hydrogen) atoms. The smallest absolute Gasteiger partial charge is 0.416 e. The highest BCUT2D eigenvalue weighted by Crippen LogP contribution is 2.32. The van der Waals surface area contributed by atoms with E-state index in [0.29, 0.717) is 12.7 Å². The zero-order valence-electron chi connectivity index (χ0n) is 11.5. The number of esters is 1. The van der Waals surface area contributed by atoms with Crippen LogP contribution in [-0.4, -0.2) is 23.7 Å². The standard InChI is InChI=1S/C10H7F3O2.C4H8O2/c11-10(12,13)8-4-2-1-3-7(8)5-6-9(14)15;1-3-6-4(2)5/h1-6H,(H,14,15);3H2,1-2H3. The molecule has 0 spiro atoms. The number of benzene rings is 1. The van der Waals surface area contributed by atoms with E-state index in [1.165, 1.54) is 25.1 Å². The van der Waals surface area contributed by atoms with Gasteiger partial charge in [-0.3, -0.25) is 4.79 Å². The summed E-state index contributed by atoms with van der Waals surface area (Å²) in [5, 5.41) is 8.30. The van der Waals surface area contributed by atoms with Crippen molar-refractivity contribution in [2.75, 3.05) is 6.61 Å². The Morgan fingerprint density at radius 2 is 1.86 bits per heavy atom. The van der Waals surface area contributed by atoms with Crippen molar-refractivity contribution in [3.8, 4) is 0 Å². The molecule has 1 rings (SSSR count). The first kappa shape index (κ1) is 18.7. The van der Waals surface area contributed by atoms with Crippen LogP contribution in [0.25, 0.3) is 6.08 Å². The van der Waals surface area contributed by atoms with Crippen molar-refractivity contribution in [1.29, 1.82) is 0 Å². The highest BCUT2D eigenvalue weighted by molar-refractivity contribution is 5.85. The minimum Gasteiger partial charge on any atom is -0.478 e. The molecule has 0 unspecified atom stereocenters. The number of carbonyl (C=O) groups is 2. The maximum absolute atomic E-state index is 12.4. The summed E-state index contributed by atoms with van der Waals surface area (Å²) in [5.74, 6) is -1.50. The van der Waals surface area contributed by atoms with Gasteiger partial charge in [-0.05, 0) is 24.6 Å².